The van der Waals surface area contributed by atoms with E-state index in [1.165, 1.54) is 0 Å². The number of aliphatic hydroxyl groups is 10. The minimum atomic E-state index is -1.87. The van der Waals surface area contributed by atoms with Crippen molar-refractivity contribution in [1.82, 2.24) is 5.32 Å². The average molecular weight is 545 g/mol. The Kier molecular flexibility index (Phi) is 10.5. The van der Waals surface area contributed by atoms with Gasteiger partial charge in [-0.25, -0.2) is 0 Å². The molecule has 3 saturated heterocycles. The molecule has 3 aliphatic heterocycles. The number of aliphatic hydroxyl groups excluding tert-OH is 10. The van der Waals surface area contributed by atoms with Crippen LogP contribution < -0.4 is 5.32 Å². The van der Waals surface area contributed by atoms with Crippen LogP contribution in [0.3, 0.4) is 0 Å². The van der Waals surface area contributed by atoms with Gasteiger partial charge in [-0.1, -0.05) is 0 Å². The molecule has 0 spiro atoms. The molecule has 17 nitrogen and oxygen atoms in total. The zero-order chi connectivity index (χ0) is 27.6. The Morgan fingerprint density at radius 2 is 1.19 bits per heavy atom. The lowest BCUT2D eigenvalue weighted by Gasteiger charge is -2.49. The number of carbonyl (C=O) groups is 1. The molecule has 216 valence electrons. The quantitative estimate of drug-likeness (QED) is 0.135. The van der Waals surface area contributed by atoms with E-state index in [2.05, 4.69) is 5.32 Å². The van der Waals surface area contributed by atoms with Gasteiger partial charge in [-0.3, -0.25) is 4.79 Å². The van der Waals surface area contributed by atoms with E-state index >= 15 is 0 Å². The third-order valence-corrected chi connectivity index (χ3v) is 6.49. The third kappa shape index (κ3) is 6.38. The molecule has 0 unspecified atom stereocenters. The highest BCUT2D eigenvalue weighted by molar-refractivity contribution is 5.73. The number of carbonyl (C=O) groups excluding carboxylic acids is 1. The molecule has 3 aliphatic rings. The normalized spacial score (nSPS) is 49.0. The highest BCUT2D eigenvalue weighted by Gasteiger charge is 2.53. The Hall–Kier alpha value is -1.13. The molecule has 0 aromatic heterocycles. The van der Waals surface area contributed by atoms with Gasteiger partial charge in [0.2, 0.25) is 5.91 Å². The van der Waals surface area contributed by atoms with Crippen molar-refractivity contribution in [1.29, 1.82) is 0 Å². The molecule has 3 rings (SSSR count). The van der Waals surface area contributed by atoms with E-state index in [0.717, 1.165) is 6.92 Å². The molecule has 3 heterocycles. The van der Waals surface area contributed by atoms with Crippen LogP contribution in [-0.4, -0.2) is 169 Å². The molecule has 37 heavy (non-hydrogen) atoms. The molecular formula is C20H35NO16. The van der Waals surface area contributed by atoms with E-state index in [9.17, 15) is 55.9 Å². The second kappa shape index (κ2) is 12.8. The monoisotopic (exact) mass is 545 g/mol. The number of nitrogens with one attached hydrogen (secondary N) is 1. The van der Waals surface area contributed by atoms with Gasteiger partial charge in [0, 0.05) is 6.92 Å². The Morgan fingerprint density at radius 1 is 0.649 bits per heavy atom. The highest BCUT2D eigenvalue weighted by atomic mass is 16.7. The summed E-state index contributed by atoms with van der Waals surface area (Å²) in [6.07, 6.45) is -23.2. The number of hydrogen-bond donors (Lipinski definition) is 11. The highest BCUT2D eigenvalue weighted by Crippen LogP contribution is 2.32. The van der Waals surface area contributed by atoms with Gasteiger partial charge in [0.1, 0.15) is 73.2 Å². The molecule has 15 atom stereocenters. The summed E-state index contributed by atoms with van der Waals surface area (Å²) in [4.78, 5) is 11.9. The second-order valence-corrected chi connectivity index (χ2v) is 9.07. The summed E-state index contributed by atoms with van der Waals surface area (Å²) in [5.74, 6) is -0.684. The van der Waals surface area contributed by atoms with Crippen LogP contribution in [-0.2, 0) is 28.5 Å². The van der Waals surface area contributed by atoms with Crippen LogP contribution in [0.5, 0.6) is 0 Å². The fourth-order valence-corrected chi connectivity index (χ4v) is 4.46. The molecule has 3 fully saturated rings. The first-order valence-electron chi connectivity index (χ1n) is 11.6. The Bertz CT molecular complexity index is 745. The van der Waals surface area contributed by atoms with Crippen molar-refractivity contribution >= 4 is 5.91 Å². The van der Waals surface area contributed by atoms with E-state index in [0.29, 0.717) is 0 Å². The van der Waals surface area contributed by atoms with Gasteiger partial charge in [0.25, 0.3) is 0 Å². The van der Waals surface area contributed by atoms with E-state index < -0.39 is 118 Å². The fraction of sp³-hybridized carbons (Fsp3) is 0.950. The molecule has 0 aromatic carbocycles. The zero-order valence-corrected chi connectivity index (χ0v) is 19.7. The lowest BCUT2D eigenvalue weighted by molar-refractivity contribution is -0.365. The largest absolute Gasteiger partial charge is 0.394 e. The van der Waals surface area contributed by atoms with Crippen LogP contribution in [0.25, 0.3) is 0 Å². The van der Waals surface area contributed by atoms with Crippen LogP contribution in [0, 0.1) is 0 Å². The maximum absolute atomic E-state index is 11.9. The number of hydrogen-bond acceptors (Lipinski definition) is 16. The molecular weight excluding hydrogens is 510 g/mol. The summed E-state index contributed by atoms with van der Waals surface area (Å²) in [6, 6.07) is -1.48. The maximum atomic E-state index is 11.9. The smallest absolute Gasteiger partial charge is 0.217 e. The standard InChI is InChI=1S/C20H35NO16/c1-5(25)21-9-12(28)16(36-20-14(30)13(29)10(26)6(2-22)34-20)8(4-24)35-19(9)37-17-11(27)7(3-23)33-18(32)15(17)31/h6-20,22-24,26-32H,2-4H2,1H3,(H,21,25)/t6-,7+,8+,9+,10+,11-,12+,13+,14-,15+,16+,17-,18+,19-,20-/m0/s1. The first-order valence-corrected chi connectivity index (χ1v) is 11.6. The number of ether oxygens (including phenoxy) is 5. The zero-order valence-electron chi connectivity index (χ0n) is 19.7. The van der Waals surface area contributed by atoms with Gasteiger partial charge >= 0.3 is 0 Å². The van der Waals surface area contributed by atoms with E-state index in [4.69, 9.17) is 23.7 Å². The van der Waals surface area contributed by atoms with Crippen molar-refractivity contribution in [2.75, 3.05) is 19.8 Å². The summed E-state index contributed by atoms with van der Waals surface area (Å²) in [7, 11) is 0. The van der Waals surface area contributed by atoms with E-state index in [1.807, 2.05) is 0 Å². The van der Waals surface area contributed by atoms with Gasteiger partial charge in [-0.2, -0.15) is 0 Å². The molecule has 17 heteroatoms. The molecule has 0 radical (unpaired) electrons. The second-order valence-electron chi connectivity index (χ2n) is 9.07. The Labute approximate surface area is 210 Å². The third-order valence-electron chi connectivity index (χ3n) is 6.49. The molecule has 0 saturated carbocycles. The van der Waals surface area contributed by atoms with Crippen molar-refractivity contribution in [2.45, 2.75) is 99.0 Å². The fourth-order valence-electron chi connectivity index (χ4n) is 4.46. The SMILES string of the molecule is CC(=O)N[C@H]1[C@H](O[C@@H]2[C@@H](O)[C@H](O)O[C@H](CO)[C@@H]2O)O[C@H](CO)[C@@H](O[C@@H]2O[C@@H](CO)[C@@H](O)[C@@H](O)[C@@H]2O)[C@@H]1O. The first kappa shape index (κ1) is 30.4. The summed E-state index contributed by atoms with van der Waals surface area (Å²) in [5.41, 5.74) is 0. The van der Waals surface area contributed by atoms with Crippen LogP contribution in [0.2, 0.25) is 0 Å². The van der Waals surface area contributed by atoms with Crippen molar-refractivity contribution in [3.05, 3.63) is 0 Å². The van der Waals surface area contributed by atoms with Crippen molar-refractivity contribution in [3.8, 4) is 0 Å². The average Bonchev–Trinajstić information content (AvgIpc) is 2.87. The molecule has 0 aliphatic carbocycles. The number of rotatable bonds is 8. The van der Waals surface area contributed by atoms with E-state index in [-0.39, 0.29) is 0 Å². The van der Waals surface area contributed by atoms with Crippen molar-refractivity contribution in [2.24, 2.45) is 0 Å². The molecule has 0 bridgehead atoms. The van der Waals surface area contributed by atoms with Crippen LogP contribution in [0.1, 0.15) is 6.92 Å². The van der Waals surface area contributed by atoms with Crippen molar-refractivity contribution in [3.63, 3.8) is 0 Å². The summed E-state index contributed by atoms with van der Waals surface area (Å²) in [5, 5.41) is 103. The minimum absolute atomic E-state index is 0.684. The van der Waals surface area contributed by atoms with Crippen LogP contribution in [0.4, 0.5) is 0 Å². The summed E-state index contributed by atoms with van der Waals surface area (Å²) < 4.78 is 27.0. The van der Waals surface area contributed by atoms with Gasteiger partial charge in [-0.15, -0.1) is 0 Å². The molecule has 11 N–H and O–H groups in total. The Morgan fingerprint density at radius 3 is 1.76 bits per heavy atom. The van der Waals surface area contributed by atoms with Crippen LogP contribution in [0.15, 0.2) is 0 Å². The maximum Gasteiger partial charge on any atom is 0.217 e. The molecule has 0 aromatic rings. The lowest BCUT2D eigenvalue weighted by atomic mass is 9.94. The van der Waals surface area contributed by atoms with Crippen molar-refractivity contribution < 1.29 is 79.5 Å². The van der Waals surface area contributed by atoms with Gasteiger partial charge in [0.05, 0.1) is 19.8 Å². The predicted molar refractivity (Wildman–Crippen MR) is 113 cm³/mol. The first-order chi connectivity index (χ1) is 17.4. The predicted octanol–water partition coefficient (Wildman–Crippen LogP) is -7.43. The summed E-state index contributed by atoms with van der Waals surface area (Å²) >= 11 is 0. The molecule has 1 amide bonds. The van der Waals surface area contributed by atoms with Gasteiger partial charge in [-0.05, 0) is 0 Å². The Balaban J connectivity index is 1.83. The van der Waals surface area contributed by atoms with E-state index in [1.54, 1.807) is 0 Å². The minimum Gasteiger partial charge on any atom is -0.394 e. The summed E-state index contributed by atoms with van der Waals surface area (Å²) in [6.45, 7) is -1.23. The lowest BCUT2D eigenvalue weighted by Crippen LogP contribution is -2.69. The van der Waals surface area contributed by atoms with Crippen LogP contribution >= 0.6 is 0 Å². The van der Waals surface area contributed by atoms with Gasteiger partial charge < -0.3 is 80.1 Å². The van der Waals surface area contributed by atoms with Gasteiger partial charge in [0.15, 0.2) is 18.9 Å². The topological polar surface area (TPSA) is 278 Å². The number of amides is 1.